The maximum absolute atomic E-state index is 13.2. The van der Waals surface area contributed by atoms with Gasteiger partial charge in [-0.15, -0.1) is 0 Å². The van der Waals surface area contributed by atoms with Crippen LogP contribution in [0.1, 0.15) is 40.2 Å². The summed E-state index contributed by atoms with van der Waals surface area (Å²) in [6.45, 7) is 9.10. The maximum atomic E-state index is 13.2. The fraction of sp³-hybridized carbons (Fsp3) is 0.538. The first kappa shape index (κ1) is 25.8. The van der Waals surface area contributed by atoms with Crippen LogP contribution in [-0.4, -0.2) is 58.4 Å². The second-order valence-electron chi connectivity index (χ2n) is 9.08. The third-order valence-electron chi connectivity index (χ3n) is 6.51. The molecule has 0 fully saturated rings. The van der Waals surface area contributed by atoms with E-state index in [4.69, 9.17) is 4.74 Å². The van der Waals surface area contributed by atoms with Gasteiger partial charge in [0.1, 0.15) is 12.1 Å². The first-order chi connectivity index (χ1) is 15.0. The molecule has 0 bridgehead atoms. The molecule has 0 radical (unpaired) electrons. The molecule has 1 aliphatic heterocycles. The van der Waals surface area contributed by atoms with Crippen LogP contribution < -0.4 is 0 Å². The van der Waals surface area contributed by atoms with E-state index >= 15 is 0 Å². The first-order valence-electron chi connectivity index (χ1n) is 11.3. The highest BCUT2D eigenvalue weighted by Gasteiger charge is 2.33. The topological polar surface area (TPSA) is 87.1 Å². The minimum absolute atomic E-state index is 0.244. The average Bonchev–Trinajstić information content (AvgIpc) is 2.78. The number of aliphatic hydroxyl groups is 2. The van der Waals surface area contributed by atoms with Crippen LogP contribution in [0.3, 0.4) is 0 Å². The molecule has 1 amide bonds. The number of ether oxygens (including phenoxy) is 1. The van der Waals surface area contributed by atoms with Gasteiger partial charge in [0.2, 0.25) is 5.91 Å². The number of carbonyl (C=O) groups is 2. The normalized spacial score (nSPS) is 35.8. The molecule has 7 atom stereocenters. The van der Waals surface area contributed by atoms with E-state index in [9.17, 15) is 19.8 Å². The molecule has 2 rings (SSSR count). The Morgan fingerprint density at radius 3 is 2.25 bits per heavy atom. The maximum Gasteiger partial charge on any atom is 0.329 e. The molecule has 0 spiro atoms. The summed E-state index contributed by atoms with van der Waals surface area (Å²) >= 11 is 0. The van der Waals surface area contributed by atoms with Gasteiger partial charge < -0.3 is 19.8 Å². The lowest BCUT2D eigenvalue weighted by Gasteiger charge is -2.31. The molecule has 0 aliphatic carbocycles. The predicted molar refractivity (Wildman–Crippen MR) is 125 cm³/mol. The number of hydrogen-bond acceptors (Lipinski definition) is 5. The quantitative estimate of drug-likeness (QED) is 0.542. The van der Waals surface area contributed by atoms with E-state index in [2.05, 4.69) is 0 Å². The zero-order valence-electron chi connectivity index (χ0n) is 19.9. The van der Waals surface area contributed by atoms with Crippen LogP contribution in [0.2, 0.25) is 0 Å². The zero-order valence-corrected chi connectivity index (χ0v) is 19.9. The van der Waals surface area contributed by atoms with Gasteiger partial charge in [0.25, 0.3) is 0 Å². The number of carbonyl (C=O) groups excluding carboxylic acids is 2. The third kappa shape index (κ3) is 6.53. The summed E-state index contributed by atoms with van der Waals surface area (Å²) in [5.74, 6) is -1.74. The number of aliphatic hydroxyl groups excluding tert-OH is 2. The minimum atomic E-state index is -0.816. The van der Waals surface area contributed by atoms with Crippen LogP contribution in [0.15, 0.2) is 54.1 Å². The van der Waals surface area contributed by atoms with E-state index in [0.717, 1.165) is 11.1 Å². The van der Waals surface area contributed by atoms with Crippen molar-refractivity contribution in [3.63, 3.8) is 0 Å². The number of nitrogens with zero attached hydrogens (tertiary/aromatic N) is 1. The lowest BCUT2D eigenvalue weighted by atomic mass is 9.87. The Labute approximate surface area is 191 Å². The van der Waals surface area contributed by atoms with Gasteiger partial charge in [0, 0.05) is 31.2 Å². The number of rotatable bonds is 2. The summed E-state index contributed by atoms with van der Waals surface area (Å²) in [6.07, 6.45) is 3.11. The van der Waals surface area contributed by atoms with Crippen molar-refractivity contribution < 1.29 is 24.5 Å². The van der Waals surface area contributed by atoms with E-state index in [-0.39, 0.29) is 23.7 Å². The van der Waals surface area contributed by atoms with Gasteiger partial charge in [-0.05, 0) is 31.1 Å². The number of amides is 1. The average molecular weight is 444 g/mol. The zero-order chi connectivity index (χ0) is 24.0. The van der Waals surface area contributed by atoms with E-state index in [1.807, 2.05) is 64.1 Å². The van der Waals surface area contributed by atoms with Gasteiger partial charge >= 0.3 is 5.97 Å². The number of hydrogen-bond donors (Lipinski definition) is 2. The van der Waals surface area contributed by atoms with Crippen molar-refractivity contribution in [2.24, 2.45) is 17.8 Å². The van der Waals surface area contributed by atoms with Crippen LogP contribution in [0.4, 0.5) is 0 Å². The summed E-state index contributed by atoms with van der Waals surface area (Å²) in [5.41, 5.74) is 1.64. The summed E-state index contributed by atoms with van der Waals surface area (Å²) in [7, 11) is 1.58. The van der Waals surface area contributed by atoms with Crippen molar-refractivity contribution in [1.29, 1.82) is 0 Å². The number of esters is 1. The molecule has 1 aromatic rings. The standard InChI is InChI=1S/C26H37NO5/c1-16-12-13-23(28)27(6)22(15-21-10-8-7-9-11-21)26(31)32-20(5)19(4)25(30)18(3)14-17(2)24(16)29/h7-14,16,18-20,22,24-25,29-30H,15H2,1-6H3/b13-12-,17-14-/t16-,18-,19-,20-,22?,24-,25+/m0/s1. The molecular weight excluding hydrogens is 406 g/mol. The highest BCUT2D eigenvalue weighted by atomic mass is 16.5. The van der Waals surface area contributed by atoms with Gasteiger partial charge in [0.05, 0.1) is 12.2 Å². The molecule has 0 aromatic heterocycles. The Kier molecular flexibility index (Phi) is 9.22. The second kappa shape index (κ2) is 11.4. The smallest absolute Gasteiger partial charge is 0.329 e. The van der Waals surface area contributed by atoms with Crippen molar-refractivity contribution >= 4 is 11.9 Å². The van der Waals surface area contributed by atoms with E-state index in [1.165, 1.54) is 11.0 Å². The Hall–Kier alpha value is -2.44. The largest absolute Gasteiger partial charge is 0.461 e. The van der Waals surface area contributed by atoms with Crippen molar-refractivity contribution in [2.75, 3.05) is 7.05 Å². The van der Waals surface area contributed by atoms with Crippen molar-refractivity contribution in [3.8, 4) is 0 Å². The molecule has 1 aromatic carbocycles. The fourth-order valence-electron chi connectivity index (χ4n) is 3.98. The predicted octanol–water partition coefficient (Wildman–Crippen LogP) is 3.13. The summed E-state index contributed by atoms with van der Waals surface area (Å²) in [6, 6.07) is 8.66. The molecule has 6 nitrogen and oxygen atoms in total. The lowest BCUT2D eigenvalue weighted by molar-refractivity contribution is -0.161. The summed E-state index contributed by atoms with van der Waals surface area (Å²) in [4.78, 5) is 27.4. The molecule has 1 heterocycles. The molecular formula is C26H37NO5. The van der Waals surface area contributed by atoms with Gasteiger partial charge in [-0.25, -0.2) is 4.79 Å². The molecule has 6 heteroatoms. The van der Waals surface area contributed by atoms with Crippen molar-refractivity contribution in [1.82, 2.24) is 4.90 Å². The Bertz CT molecular complexity index is 834. The highest BCUT2D eigenvalue weighted by Crippen LogP contribution is 2.24. The Balaban J connectivity index is 2.42. The minimum Gasteiger partial charge on any atom is -0.461 e. The van der Waals surface area contributed by atoms with Gasteiger partial charge in [-0.2, -0.15) is 0 Å². The van der Waals surface area contributed by atoms with Crippen LogP contribution in [-0.2, 0) is 20.7 Å². The number of benzene rings is 1. The molecule has 2 N–H and O–H groups in total. The first-order valence-corrected chi connectivity index (χ1v) is 11.3. The lowest BCUT2D eigenvalue weighted by Crippen LogP contribution is -2.46. The monoisotopic (exact) mass is 443 g/mol. The number of likely N-dealkylation sites (N-methyl/N-ethyl adjacent to an activating group) is 1. The van der Waals surface area contributed by atoms with Crippen LogP contribution in [0.5, 0.6) is 0 Å². The van der Waals surface area contributed by atoms with Crippen LogP contribution in [0, 0.1) is 17.8 Å². The fourth-order valence-corrected chi connectivity index (χ4v) is 3.98. The van der Waals surface area contributed by atoms with Crippen molar-refractivity contribution in [3.05, 3.63) is 59.7 Å². The summed E-state index contributed by atoms with van der Waals surface area (Å²) < 4.78 is 5.74. The van der Waals surface area contributed by atoms with Gasteiger partial charge in [0.15, 0.2) is 0 Å². The second-order valence-corrected chi connectivity index (χ2v) is 9.08. The SMILES string of the molecule is C/C1=C/[C@H](C)[C@@H](O)[C@@H](C)[C@H](C)OC(=O)C(Cc2ccccc2)N(C)C(=O)/C=C\[C@H](C)[C@@H]1O. The third-order valence-corrected chi connectivity index (χ3v) is 6.51. The molecule has 0 saturated heterocycles. The van der Waals surface area contributed by atoms with E-state index in [0.29, 0.717) is 6.42 Å². The molecule has 0 saturated carbocycles. The molecule has 1 aliphatic rings. The Morgan fingerprint density at radius 1 is 1.00 bits per heavy atom. The van der Waals surface area contributed by atoms with Crippen LogP contribution in [0.25, 0.3) is 0 Å². The molecule has 32 heavy (non-hydrogen) atoms. The van der Waals surface area contributed by atoms with E-state index in [1.54, 1.807) is 20.0 Å². The summed E-state index contributed by atoms with van der Waals surface area (Å²) in [5, 5.41) is 21.5. The van der Waals surface area contributed by atoms with Gasteiger partial charge in [-0.1, -0.05) is 63.3 Å². The van der Waals surface area contributed by atoms with Gasteiger partial charge in [-0.3, -0.25) is 4.79 Å². The molecule has 176 valence electrons. The van der Waals surface area contributed by atoms with E-state index < -0.39 is 30.3 Å². The van der Waals surface area contributed by atoms with Crippen molar-refractivity contribution in [2.45, 2.75) is 65.4 Å². The molecule has 1 unspecified atom stereocenters. The van der Waals surface area contributed by atoms with Crippen LogP contribution >= 0.6 is 0 Å². The highest BCUT2D eigenvalue weighted by molar-refractivity contribution is 5.91. The number of cyclic esters (lactones) is 1. The Morgan fingerprint density at radius 2 is 1.62 bits per heavy atom.